The van der Waals surface area contributed by atoms with Gasteiger partial charge in [0.05, 0.1) is 11.5 Å². The highest BCUT2D eigenvalue weighted by molar-refractivity contribution is 8.00. The van der Waals surface area contributed by atoms with Crippen LogP contribution in [-0.4, -0.2) is 51.8 Å². The van der Waals surface area contributed by atoms with Crippen LogP contribution in [0.2, 0.25) is 0 Å². The van der Waals surface area contributed by atoms with E-state index in [0.29, 0.717) is 18.1 Å². The topological polar surface area (TPSA) is 66.8 Å². The van der Waals surface area contributed by atoms with Crippen molar-refractivity contribution in [2.24, 2.45) is 5.92 Å². The summed E-state index contributed by atoms with van der Waals surface area (Å²) in [5.74, 6) is 0.169. The molecule has 1 N–H and O–H groups in total. The molecular formula is C15H23NO4S. The molecule has 3 atom stereocenters. The molecule has 0 aromatic rings. The largest absolute Gasteiger partial charge is 0.480 e. The first-order valence-corrected chi connectivity index (χ1v) is 8.99. The highest BCUT2D eigenvalue weighted by atomic mass is 32.2. The number of amides is 1. The Balaban J connectivity index is 1.58. The van der Waals surface area contributed by atoms with Crippen molar-refractivity contribution in [3.8, 4) is 0 Å². The molecule has 1 aliphatic carbocycles. The maximum atomic E-state index is 12.5. The third-order valence-electron chi connectivity index (χ3n) is 4.59. The number of carboxylic acids is 1. The number of nitrogens with zero attached hydrogens (tertiary/aromatic N) is 1. The van der Waals surface area contributed by atoms with E-state index in [0.717, 1.165) is 38.7 Å². The van der Waals surface area contributed by atoms with E-state index in [1.165, 1.54) is 6.42 Å². The van der Waals surface area contributed by atoms with E-state index in [2.05, 4.69) is 0 Å². The van der Waals surface area contributed by atoms with Crippen molar-refractivity contribution in [3.63, 3.8) is 0 Å². The van der Waals surface area contributed by atoms with Crippen LogP contribution in [0.5, 0.6) is 0 Å². The van der Waals surface area contributed by atoms with Gasteiger partial charge in [-0.1, -0.05) is 0 Å². The zero-order valence-electron chi connectivity index (χ0n) is 12.2. The van der Waals surface area contributed by atoms with Gasteiger partial charge in [-0.25, -0.2) is 4.79 Å². The maximum Gasteiger partial charge on any atom is 0.327 e. The molecule has 3 fully saturated rings. The smallest absolute Gasteiger partial charge is 0.327 e. The van der Waals surface area contributed by atoms with Crippen LogP contribution in [-0.2, 0) is 14.3 Å². The minimum Gasteiger partial charge on any atom is -0.480 e. The highest BCUT2D eigenvalue weighted by Gasteiger charge is 2.47. The fraction of sp³-hybridized carbons (Fsp3) is 0.867. The second-order valence-corrected chi connectivity index (χ2v) is 7.39. The second-order valence-electron chi connectivity index (χ2n) is 6.24. The number of carbonyl (C=O) groups is 2. The molecule has 3 unspecified atom stereocenters. The Labute approximate surface area is 129 Å². The van der Waals surface area contributed by atoms with Crippen molar-refractivity contribution in [3.05, 3.63) is 0 Å². The average Bonchev–Trinajstić information content (AvgIpc) is 3.24. The van der Waals surface area contributed by atoms with Gasteiger partial charge in [0.2, 0.25) is 5.91 Å². The van der Waals surface area contributed by atoms with Gasteiger partial charge in [-0.15, -0.1) is 11.8 Å². The molecule has 0 spiro atoms. The van der Waals surface area contributed by atoms with Crippen LogP contribution in [0.3, 0.4) is 0 Å². The van der Waals surface area contributed by atoms with Crippen LogP contribution in [0.1, 0.15) is 44.9 Å². The monoisotopic (exact) mass is 313 g/mol. The SMILES string of the molecule is O=C(O)C1CSC(C2CC2)N1C(=O)CCC1CCCCO1. The molecule has 1 amide bonds. The number of ether oxygens (including phenoxy) is 1. The van der Waals surface area contributed by atoms with Gasteiger partial charge in [-0.05, 0) is 44.4 Å². The fourth-order valence-electron chi connectivity index (χ4n) is 3.23. The van der Waals surface area contributed by atoms with Crippen molar-refractivity contribution >= 4 is 23.6 Å². The third kappa shape index (κ3) is 3.54. The molecule has 1 saturated carbocycles. The van der Waals surface area contributed by atoms with Crippen LogP contribution in [0, 0.1) is 5.92 Å². The molecule has 2 aliphatic heterocycles. The van der Waals surface area contributed by atoms with Gasteiger partial charge < -0.3 is 14.7 Å². The van der Waals surface area contributed by atoms with Crippen LogP contribution in [0.15, 0.2) is 0 Å². The lowest BCUT2D eigenvalue weighted by molar-refractivity contribution is -0.149. The van der Waals surface area contributed by atoms with E-state index in [4.69, 9.17) is 4.74 Å². The molecule has 21 heavy (non-hydrogen) atoms. The molecular weight excluding hydrogens is 290 g/mol. The molecule has 3 rings (SSSR count). The lowest BCUT2D eigenvalue weighted by Crippen LogP contribution is -2.46. The number of carboxylic acid groups (broad SMARTS) is 1. The molecule has 118 valence electrons. The number of aliphatic carboxylic acids is 1. The first kappa shape index (κ1) is 15.2. The number of hydrogen-bond acceptors (Lipinski definition) is 4. The summed E-state index contributed by atoms with van der Waals surface area (Å²) in [4.78, 5) is 25.6. The van der Waals surface area contributed by atoms with E-state index < -0.39 is 12.0 Å². The summed E-state index contributed by atoms with van der Waals surface area (Å²) in [5.41, 5.74) is 0. The predicted octanol–water partition coefficient (Wildman–Crippen LogP) is 2.10. The number of thioether (sulfide) groups is 1. The standard InChI is InChI=1S/C15H23NO4S/c17-13(7-6-11-3-1-2-8-20-11)16-12(15(18)19)9-21-14(16)10-4-5-10/h10-12,14H,1-9H2,(H,18,19). The first-order chi connectivity index (χ1) is 10.2. The Morgan fingerprint density at radius 1 is 1.24 bits per heavy atom. The van der Waals surface area contributed by atoms with E-state index >= 15 is 0 Å². The lowest BCUT2D eigenvalue weighted by Gasteiger charge is -2.29. The molecule has 0 bridgehead atoms. The minimum atomic E-state index is -0.868. The summed E-state index contributed by atoms with van der Waals surface area (Å²) < 4.78 is 5.66. The molecule has 0 aromatic carbocycles. The molecule has 0 aromatic heterocycles. The first-order valence-electron chi connectivity index (χ1n) is 7.94. The van der Waals surface area contributed by atoms with Gasteiger partial charge in [0, 0.05) is 18.8 Å². The number of rotatable bonds is 5. The lowest BCUT2D eigenvalue weighted by atomic mass is 10.0. The molecule has 3 aliphatic rings. The Bertz CT molecular complexity index is 406. The van der Waals surface area contributed by atoms with Gasteiger partial charge >= 0.3 is 5.97 Å². The van der Waals surface area contributed by atoms with E-state index in [-0.39, 0.29) is 17.4 Å². The van der Waals surface area contributed by atoms with Crippen molar-refractivity contribution in [2.75, 3.05) is 12.4 Å². The fourth-order valence-corrected chi connectivity index (χ4v) is 4.88. The quantitative estimate of drug-likeness (QED) is 0.842. The van der Waals surface area contributed by atoms with E-state index in [9.17, 15) is 14.7 Å². The van der Waals surface area contributed by atoms with Gasteiger partial charge in [-0.2, -0.15) is 0 Å². The van der Waals surface area contributed by atoms with Crippen molar-refractivity contribution < 1.29 is 19.4 Å². The number of hydrogen-bond donors (Lipinski definition) is 1. The molecule has 2 saturated heterocycles. The van der Waals surface area contributed by atoms with Crippen LogP contribution in [0.25, 0.3) is 0 Å². The normalized spacial score (nSPS) is 33.1. The van der Waals surface area contributed by atoms with Crippen molar-refractivity contribution in [2.45, 2.75) is 62.5 Å². The summed E-state index contributed by atoms with van der Waals surface area (Å²) in [6.07, 6.45) is 6.87. The summed E-state index contributed by atoms with van der Waals surface area (Å²) >= 11 is 1.64. The van der Waals surface area contributed by atoms with Crippen molar-refractivity contribution in [1.82, 2.24) is 4.90 Å². The maximum absolute atomic E-state index is 12.5. The zero-order valence-corrected chi connectivity index (χ0v) is 13.0. The Hall–Kier alpha value is -0.750. The second kappa shape index (κ2) is 6.57. The number of carbonyl (C=O) groups excluding carboxylic acids is 1. The minimum absolute atomic E-state index is 0.00141. The highest BCUT2D eigenvalue weighted by Crippen LogP contribution is 2.45. The zero-order chi connectivity index (χ0) is 14.8. The van der Waals surface area contributed by atoms with Gasteiger partial charge in [-0.3, -0.25) is 4.79 Å². The summed E-state index contributed by atoms with van der Waals surface area (Å²) in [6.45, 7) is 0.793. The van der Waals surface area contributed by atoms with Gasteiger partial charge in [0.1, 0.15) is 6.04 Å². The predicted molar refractivity (Wildman–Crippen MR) is 80.1 cm³/mol. The Morgan fingerprint density at radius 3 is 2.67 bits per heavy atom. The summed E-state index contributed by atoms with van der Waals surface area (Å²) in [6, 6.07) is -0.639. The molecule has 0 radical (unpaired) electrons. The Morgan fingerprint density at radius 2 is 2.05 bits per heavy atom. The van der Waals surface area contributed by atoms with E-state index in [1.807, 2.05) is 0 Å². The molecule has 2 heterocycles. The van der Waals surface area contributed by atoms with E-state index in [1.54, 1.807) is 16.7 Å². The van der Waals surface area contributed by atoms with Crippen LogP contribution in [0.4, 0.5) is 0 Å². The van der Waals surface area contributed by atoms with Gasteiger partial charge in [0.15, 0.2) is 0 Å². The molecule has 5 nitrogen and oxygen atoms in total. The average molecular weight is 313 g/mol. The van der Waals surface area contributed by atoms with Crippen LogP contribution < -0.4 is 0 Å². The third-order valence-corrected chi connectivity index (χ3v) is 6.05. The summed E-state index contributed by atoms with van der Waals surface area (Å²) in [7, 11) is 0. The summed E-state index contributed by atoms with van der Waals surface area (Å²) in [5, 5.41) is 9.43. The van der Waals surface area contributed by atoms with Crippen molar-refractivity contribution in [1.29, 1.82) is 0 Å². The van der Waals surface area contributed by atoms with Gasteiger partial charge in [0.25, 0.3) is 0 Å². The Kier molecular flexibility index (Phi) is 4.74. The molecule has 6 heteroatoms. The van der Waals surface area contributed by atoms with Crippen LogP contribution >= 0.6 is 11.8 Å².